The van der Waals surface area contributed by atoms with Crippen molar-refractivity contribution in [3.8, 4) is 0 Å². The highest BCUT2D eigenvalue weighted by atomic mass is 16.2. The minimum atomic E-state index is -0.124. The quantitative estimate of drug-likeness (QED) is 0.645. The van der Waals surface area contributed by atoms with Gasteiger partial charge in [0.1, 0.15) is 5.82 Å². The van der Waals surface area contributed by atoms with Crippen molar-refractivity contribution in [1.82, 2.24) is 20.6 Å². The number of aromatic amines is 1. The third-order valence-corrected chi connectivity index (χ3v) is 3.96. The third kappa shape index (κ3) is 4.23. The number of carbonyl (C=O) groups excluding carboxylic acids is 2. The number of nitrogens with zero attached hydrogens (tertiary/aromatic N) is 1. The first-order valence-electron chi connectivity index (χ1n) is 8.17. The summed E-state index contributed by atoms with van der Waals surface area (Å²) >= 11 is 0. The first-order valence-corrected chi connectivity index (χ1v) is 8.17. The van der Waals surface area contributed by atoms with Gasteiger partial charge in [-0.3, -0.25) is 9.59 Å². The number of H-pyrrole nitrogens is 1. The summed E-state index contributed by atoms with van der Waals surface area (Å²) in [7, 11) is 1.60. The van der Waals surface area contributed by atoms with E-state index < -0.39 is 0 Å². The number of nitrogens with one attached hydrogen (secondary N) is 3. The first-order chi connectivity index (χ1) is 12.2. The number of aryl methyl sites for hydroxylation is 1. The summed E-state index contributed by atoms with van der Waals surface area (Å²) in [6.45, 7) is 0.437. The van der Waals surface area contributed by atoms with Crippen LogP contribution < -0.4 is 10.6 Å². The Balaban J connectivity index is 1.48. The van der Waals surface area contributed by atoms with E-state index in [0.29, 0.717) is 24.9 Å². The summed E-state index contributed by atoms with van der Waals surface area (Å²) in [4.78, 5) is 31.2. The number of hydrogen-bond acceptors (Lipinski definition) is 3. The summed E-state index contributed by atoms with van der Waals surface area (Å²) in [5, 5.41) is 5.46. The normalized spacial score (nSPS) is 10.6. The molecule has 0 saturated carbocycles. The Morgan fingerprint density at radius 3 is 2.56 bits per heavy atom. The maximum atomic E-state index is 12.0. The van der Waals surface area contributed by atoms with Gasteiger partial charge in [0.25, 0.3) is 5.91 Å². The Morgan fingerprint density at radius 1 is 1.08 bits per heavy atom. The maximum Gasteiger partial charge on any atom is 0.251 e. The smallest absolute Gasteiger partial charge is 0.251 e. The van der Waals surface area contributed by atoms with Crippen molar-refractivity contribution in [2.45, 2.75) is 19.4 Å². The largest absolute Gasteiger partial charge is 0.355 e. The SMILES string of the molecule is CNC(=O)c1ccc(CNC(=O)CCc2nc3ccccc3[nH]2)cc1. The van der Waals surface area contributed by atoms with Crippen LogP contribution in [0.25, 0.3) is 11.0 Å². The Labute approximate surface area is 145 Å². The highest BCUT2D eigenvalue weighted by Crippen LogP contribution is 2.11. The standard InChI is InChI=1S/C19H20N4O2/c1-20-19(25)14-8-6-13(7-9-14)12-21-18(24)11-10-17-22-15-4-2-3-5-16(15)23-17/h2-9H,10-12H2,1H3,(H,20,25)(H,21,24)(H,22,23). The van der Waals surface area contributed by atoms with Crippen molar-refractivity contribution < 1.29 is 9.59 Å². The molecule has 0 atom stereocenters. The number of amides is 2. The minimum Gasteiger partial charge on any atom is -0.355 e. The van der Waals surface area contributed by atoms with Crippen LogP contribution in [0.2, 0.25) is 0 Å². The predicted molar refractivity (Wildman–Crippen MR) is 96.1 cm³/mol. The van der Waals surface area contributed by atoms with E-state index in [-0.39, 0.29) is 11.8 Å². The van der Waals surface area contributed by atoms with E-state index in [4.69, 9.17) is 0 Å². The van der Waals surface area contributed by atoms with Gasteiger partial charge in [-0.2, -0.15) is 0 Å². The van der Waals surface area contributed by atoms with Crippen molar-refractivity contribution in [2.24, 2.45) is 0 Å². The molecule has 0 bridgehead atoms. The van der Waals surface area contributed by atoms with Crippen LogP contribution in [-0.2, 0) is 17.8 Å². The Morgan fingerprint density at radius 2 is 1.84 bits per heavy atom. The number of carbonyl (C=O) groups is 2. The van der Waals surface area contributed by atoms with Crippen LogP contribution in [0.5, 0.6) is 0 Å². The summed E-state index contributed by atoms with van der Waals surface area (Å²) in [6.07, 6.45) is 0.937. The molecule has 3 N–H and O–H groups in total. The number of aromatic nitrogens is 2. The van der Waals surface area contributed by atoms with Gasteiger partial charge in [-0.25, -0.2) is 4.98 Å². The summed E-state index contributed by atoms with van der Waals surface area (Å²) in [5.41, 5.74) is 3.44. The van der Waals surface area contributed by atoms with Crippen LogP contribution in [0, 0.1) is 0 Å². The fourth-order valence-corrected chi connectivity index (χ4v) is 2.56. The van der Waals surface area contributed by atoms with Crippen molar-refractivity contribution >= 4 is 22.8 Å². The monoisotopic (exact) mass is 336 g/mol. The van der Waals surface area contributed by atoms with E-state index in [1.54, 1.807) is 19.2 Å². The lowest BCUT2D eigenvalue weighted by Crippen LogP contribution is -2.23. The number of hydrogen-bond donors (Lipinski definition) is 3. The molecular formula is C19H20N4O2. The summed E-state index contributed by atoms with van der Waals surface area (Å²) in [6, 6.07) is 15.0. The minimum absolute atomic E-state index is 0.0316. The maximum absolute atomic E-state index is 12.0. The molecule has 128 valence electrons. The van der Waals surface area contributed by atoms with Crippen LogP contribution in [0.1, 0.15) is 28.2 Å². The predicted octanol–water partition coefficient (Wildman–Crippen LogP) is 2.17. The molecule has 0 saturated heterocycles. The lowest BCUT2D eigenvalue weighted by molar-refractivity contribution is -0.121. The van der Waals surface area contributed by atoms with Gasteiger partial charge in [-0.1, -0.05) is 24.3 Å². The molecular weight excluding hydrogens is 316 g/mol. The van der Waals surface area contributed by atoms with Crippen LogP contribution in [-0.4, -0.2) is 28.8 Å². The van der Waals surface area contributed by atoms with Crippen LogP contribution in [0.15, 0.2) is 48.5 Å². The molecule has 0 aliphatic carbocycles. The van der Waals surface area contributed by atoms with Gasteiger partial charge in [0.2, 0.25) is 5.91 Å². The summed E-state index contributed by atoms with van der Waals surface area (Å²) < 4.78 is 0. The van der Waals surface area contributed by atoms with Gasteiger partial charge >= 0.3 is 0 Å². The van der Waals surface area contributed by atoms with Crippen molar-refractivity contribution in [3.63, 3.8) is 0 Å². The number of fused-ring (bicyclic) bond motifs is 1. The topological polar surface area (TPSA) is 86.9 Å². The molecule has 2 aromatic carbocycles. The van der Waals surface area contributed by atoms with Crippen LogP contribution >= 0.6 is 0 Å². The van der Waals surface area contributed by atoms with Gasteiger partial charge < -0.3 is 15.6 Å². The Bertz CT molecular complexity index is 851. The molecule has 1 aromatic heterocycles. The lowest BCUT2D eigenvalue weighted by Gasteiger charge is -2.06. The first kappa shape index (κ1) is 16.7. The molecule has 3 rings (SSSR count). The molecule has 0 aliphatic rings. The third-order valence-electron chi connectivity index (χ3n) is 3.96. The highest BCUT2D eigenvalue weighted by molar-refractivity contribution is 5.93. The van der Waals surface area contributed by atoms with Crippen LogP contribution in [0.3, 0.4) is 0 Å². The molecule has 0 aliphatic heterocycles. The second-order valence-electron chi connectivity index (χ2n) is 5.75. The number of rotatable bonds is 6. The van der Waals surface area contributed by atoms with E-state index in [1.807, 2.05) is 36.4 Å². The van der Waals surface area contributed by atoms with Gasteiger partial charge in [-0.05, 0) is 29.8 Å². The van der Waals surface area contributed by atoms with Gasteiger partial charge in [-0.15, -0.1) is 0 Å². The fraction of sp³-hybridized carbons (Fsp3) is 0.211. The molecule has 6 heteroatoms. The molecule has 6 nitrogen and oxygen atoms in total. The molecule has 0 fully saturated rings. The fourth-order valence-electron chi connectivity index (χ4n) is 2.56. The van der Waals surface area contributed by atoms with Gasteiger partial charge in [0, 0.05) is 32.0 Å². The number of para-hydroxylation sites is 2. The molecule has 0 unspecified atom stereocenters. The average molecular weight is 336 g/mol. The molecule has 0 spiro atoms. The zero-order valence-electron chi connectivity index (χ0n) is 14.0. The summed E-state index contributed by atoms with van der Waals surface area (Å²) in [5.74, 6) is 0.656. The molecule has 0 radical (unpaired) electrons. The van der Waals surface area contributed by atoms with Gasteiger partial charge in [0.05, 0.1) is 11.0 Å². The lowest BCUT2D eigenvalue weighted by atomic mass is 10.1. The number of imidazole rings is 1. The van der Waals surface area contributed by atoms with Crippen molar-refractivity contribution in [1.29, 1.82) is 0 Å². The molecule has 2 amide bonds. The zero-order valence-corrected chi connectivity index (χ0v) is 14.0. The van der Waals surface area contributed by atoms with Crippen molar-refractivity contribution in [3.05, 3.63) is 65.5 Å². The van der Waals surface area contributed by atoms with E-state index in [1.165, 1.54) is 0 Å². The Hall–Kier alpha value is -3.15. The van der Waals surface area contributed by atoms with E-state index in [2.05, 4.69) is 20.6 Å². The molecule has 25 heavy (non-hydrogen) atoms. The highest BCUT2D eigenvalue weighted by Gasteiger charge is 2.07. The van der Waals surface area contributed by atoms with Gasteiger partial charge in [0.15, 0.2) is 0 Å². The second-order valence-corrected chi connectivity index (χ2v) is 5.75. The molecule has 1 heterocycles. The van der Waals surface area contributed by atoms with E-state index in [9.17, 15) is 9.59 Å². The Kier molecular flexibility index (Phi) is 5.09. The average Bonchev–Trinajstić information content (AvgIpc) is 3.07. The number of benzene rings is 2. The van der Waals surface area contributed by atoms with E-state index in [0.717, 1.165) is 22.4 Å². The second kappa shape index (κ2) is 7.61. The molecule has 3 aromatic rings. The van der Waals surface area contributed by atoms with Crippen LogP contribution in [0.4, 0.5) is 0 Å². The zero-order chi connectivity index (χ0) is 17.6. The van der Waals surface area contributed by atoms with Crippen molar-refractivity contribution in [2.75, 3.05) is 7.05 Å². The van der Waals surface area contributed by atoms with E-state index >= 15 is 0 Å².